The fourth-order valence-electron chi connectivity index (χ4n) is 2.09. The summed E-state index contributed by atoms with van der Waals surface area (Å²) >= 11 is 0. The molecule has 7 nitrogen and oxygen atoms in total. The number of carbonyl (C=O) groups excluding carboxylic acids is 2. The molecule has 0 aliphatic heterocycles. The van der Waals surface area contributed by atoms with Crippen LogP contribution < -0.4 is 10.9 Å². The molecule has 0 radical (unpaired) electrons. The normalized spacial score (nSPS) is 11.6. The Kier molecular flexibility index (Phi) is 5.86. The fraction of sp³-hybridized carbons (Fsp3) is 0.235. The van der Waals surface area contributed by atoms with Crippen LogP contribution in [0.2, 0.25) is 0 Å². The minimum Gasteiger partial charge on any atom is -0.465 e. The molecular weight excluding hydrogens is 312 g/mol. The molecule has 2 aromatic rings. The number of carbonyl (C=O) groups is 2. The van der Waals surface area contributed by atoms with Crippen LogP contribution in [-0.2, 0) is 11.3 Å². The van der Waals surface area contributed by atoms with E-state index >= 15 is 0 Å². The number of rotatable bonds is 6. The molecule has 1 atom stereocenters. The van der Waals surface area contributed by atoms with Crippen LogP contribution in [0.5, 0.6) is 0 Å². The van der Waals surface area contributed by atoms with E-state index in [9.17, 15) is 19.5 Å². The van der Waals surface area contributed by atoms with Gasteiger partial charge in [0, 0.05) is 24.4 Å². The summed E-state index contributed by atoms with van der Waals surface area (Å²) in [6, 6.07) is 10.7. The van der Waals surface area contributed by atoms with Crippen molar-refractivity contribution in [3.63, 3.8) is 0 Å². The van der Waals surface area contributed by atoms with Crippen LogP contribution in [-0.4, -0.2) is 41.3 Å². The third kappa shape index (κ3) is 4.53. The van der Waals surface area contributed by atoms with Gasteiger partial charge in [-0.15, -0.1) is 0 Å². The van der Waals surface area contributed by atoms with E-state index in [1.807, 2.05) is 0 Å². The van der Waals surface area contributed by atoms with Gasteiger partial charge in [0.15, 0.2) is 0 Å². The number of esters is 1. The van der Waals surface area contributed by atoms with E-state index in [1.54, 1.807) is 18.3 Å². The second-order valence-corrected chi connectivity index (χ2v) is 5.12. The van der Waals surface area contributed by atoms with E-state index in [0.717, 1.165) is 0 Å². The van der Waals surface area contributed by atoms with Crippen molar-refractivity contribution < 1.29 is 19.4 Å². The SMILES string of the molecule is COC(=O)c1ccc(C(=O)NC[C@@H](O)Cn2ccccc2=O)cc1. The Morgan fingerprint density at radius 3 is 2.46 bits per heavy atom. The number of hydrogen-bond donors (Lipinski definition) is 2. The number of ether oxygens (including phenoxy) is 1. The molecule has 0 bridgehead atoms. The van der Waals surface area contributed by atoms with Gasteiger partial charge in [0.2, 0.25) is 0 Å². The summed E-state index contributed by atoms with van der Waals surface area (Å²) in [7, 11) is 1.28. The van der Waals surface area contributed by atoms with Gasteiger partial charge in [-0.25, -0.2) is 4.79 Å². The van der Waals surface area contributed by atoms with Crippen LogP contribution in [0.3, 0.4) is 0 Å². The molecule has 1 aromatic heterocycles. The first-order chi connectivity index (χ1) is 11.5. The van der Waals surface area contributed by atoms with Gasteiger partial charge in [0.05, 0.1) is 25.3 Å². The first-order valence-corrected chi connectivity index (χ1v) is 7.31. The van der Waals surface area contributed by atoms with Gasteiger partial charge in [-0.2, -0.15) is 0 Å². The van der Waals surface area contributed by atoms with Crippen molar-refractivity contribution in [2.45, 2.75) is 12.6 Å². The Hall–Kier alpha value is -2.93. The Morgan fingerprint density at radius 2 is 1.83 bits per heavy atom. The maximum Gasteiger partial charge on any atom is 0.337 e. The third-order valence-electron chi connectivity index (χ3n) is 3.37. The van der Waals surface area contributed by atoms with Gasteiger partial charge < -0.3 is 19.7 Å². The highest BCUT2D eigenvalue weighted by Crippen LogP contribution is 2.05. The van der Waals surface area contributed by atoms with Crippen molar-refractivity contribution in [2.24, 2.45) is 0 Å². The number of aliphatic hydroxyl groups excluding tert-OH is 1. The molecule has 0 fully saturated rings. The molecule has 0 aliphatic rings. The topological polar surface area (TPSA) is 97.6 Å². The Bertz CT molecular complexity index is 767. The molecular formula is C17H18N2O5. The molecule has 0 unspecified atom stereocenters. The number of hydrogen-bond acceptors (Lipinski definition) is 5. The van der Waals surface area contributed by atoms with Crippen molar-refractivity contribution in [2.75, 3.05) is 13.7 Å². The summed E-state index contributed by atoms with van der Waals surface area (Å²) in [6.07, 6.45) is 0.669. The lowest BCUT2D eigenvalue weighted by Crippen LogP contribution is -2.36. The van der Waals surface area contributed by atoms with Crippen LogP contribution in [0.25, 0.3) is 0 Å². The summed E-state index contributed by atoms with van der Waals surface area (Å²) < 4.78 is 5.94. The van der Waals surface area contributed by atoms with E-state index in [4.69, 9.17) is 0 Å². The van der Waals surface area contributed by atoms with Crippen molar-refractivity contribution in [3.8, 4) is 0 Å². The lowest BCUT2D eigenvalue weighted by Gasteiger charge is -2.13. The molecule has 126 valence electrons. The van der Waals surface area contributed by atoms with Crippen LogP contribution in [0.15, 0.2) is 53.5 Å². The Balaban J connectivity index is 1.89. The molecule has 2 N–H and O–H groups in total. The van der Waals surface area contributed by atoms with Crippen LogP contribution in [0.1, 0.15) is 20.7 Å². The summed E-state index contributed by atoms with van der Waals surface area (Å²) in [5, 5.41) is 12.5. The molecule has 0 saturated carbocycles. The number of amides is 1. The largest absolute Gasteiger partial charge is 0.465 e. The monoisotopic (exact) mass is 330 g/mol. The van der Waals surface area contributed by atoms with Crippen molar-refractivity contribution in [1.82, 2.24) is 9.88 Å². The first-order valence-electron chi connectivity index (χ1n) is 7.31. The molecule has 0 spiro atoms. The zero-order chi connectivity index (χ0) is 17.5. The number of pyridine rings is 1. The number of aliphatic hydroxyl groups is 1. The Labute approximate surface area is 138 Å². The summed E-state index contributed by atoms with van der Waals surface area (Å²) in [4.78, 5) is 34.9. The average Bonchev–Trinajstić information content (AvgIpc) is 2.61. The van der Waals surface area contributed by atoms with Crippen LogP contribution in [0, 0.1) is 0 Å². The van der Waals surface area contributed by atoms with Gasteiger partial charge in [-0.3, -0.25) is 9.59 Å². The standard InChI is InChI=1S/C17H18N2O5/c1-24-17(23)13-7-5-12(6-8-13)16(22)18-10-14(20)11-19-9-3-2-4-15(19)21/h2-9,14,20H,10-11H2,1H3,(H,18,22)/t14-/m1/s1. The third-order valence-corrected chi connectivity index (χ3v) is 3.37. The predicted molar refractivity (Wildman–Crippen MR) is 86.8 cm³/mol. The van der Waals surface area contributed by atoms with E-state index < -0.39 is 12.1 Å². The quantitative estimate of drug-likeness (QED) is 0.749. The minimum atomic E-state index is -0.900. The lowest BCUT2D eigenvalue weighted by atomic mass is 10.1. The summed E-state index contributed by atoms with van der Waals surface area (Å²) in [5.74, 6) is -0.864. The highest BCUT2D eigenvalue weighted by Gasteiger charge is 2.11. The second-order valence-electron chi connectivity index (χ2n) is 5.12. The fourth-order valence-corrected chi connectivity index (χ4v) is 2.09. The zero-order valence-corrected chi connectivity index (χ0v) is 13.1. The number of nitrogens with one attached hydrogen (secondary N) is 1. The van der Waals surface area contributed by atoms with Gasteiger partial charge >= 0.3 is 5.97 Å². The molecule has 0 saturated heterocycles. The van der Waals surface area contributed by atoms with Gasteiger partial charge in [-0.1, -0.05) is 6.07 Å². The maximum absolute atomic E-state index is 12.0. The summed E-state index contributed by atoms with van der Waals surface area (Å²) in [6.45, 7) is 0.0835. The number of methoxy groups -OCH3 is 1. The van der Waals surface area contributed by atoms with E-state index in [-0.39, 0.29) is 24.6 Å². The highest BCUT2D eigenvalue weighted by molar-refractivity contribution is 5.96. The number of aromatic nitrogens is 1. The molecule has 1 heterocycles. The van der Waals surface area contributed by atoms with Gasteiger partial charge in [0.25, 0.3) is 11.5 Å². The van der Waals surface area contributed by atoms with Crippen molar-refractivity contribution >= 4 is 11.9 Å². The average molecular weight is 330 g/mol. The molecule has 7 heteroatoms. The molecule has 0 aliphatic carbocycles. The highest BCUT2D eigenvalue weighted by atomic mass is 16.5. The van der Waals surface area contributed by atoms with E-state index in [1.165, 1.54) is 42.0 Å². The Morgan fingerprint density at radius 1 is 1.17 bits per heavy atom. The smallest absolute Gasteiger partial charge is 0.337 e. The van der Waals surface area contributed by atoms with Crippen LogP contribution in [0.4, 0.5) is 0 Å². The predicted octanol–water partition coefficient (Wildman–Crippen LogP) is 0.426. The van der Waals surface area contributed by atoms with E-state index in [0.29, 0.717) is 11.1 Å². The maximum atomic E-state index is 12.0. The molecule has 1 amide bonds. The number of benzene rings is 1. The zero-order valence-electron chi connectivity index (χ0n) is 13.1. The molecule has 2 rings (SSSR count). The molecule has 1 aromatic carbocycles. The van der Waals surface area contributed by atoms with Crippen molar-refractivity contribution in [3.05, 3.63) is 70.1 Å². The van der Waals surface area contributed by atoms with Crippen molar-refractivity contribution in [1.29, 1.82) is 0 Å². The lowest BCUT2D eigenvalue weighted by molar-refractivity contribution is 0.0600. The summed E-state index contributed by atoms with van der Waals surface area (Å²) in [5.41, 5.74) is 0.477. The second kappa shape index (κ2) is 8.07. The van der Waals surface area contributed by atoms with Crippen LogP contribution >= 0.6 is 0 Å². The number of nitrogens with zero attached hydrogens (tertiary/aromatic N) is 1. The first kappa shape index (κ1) is 17.4. The van der Waals surface area contributed by atoms with Gasteiger partial charge in [0.1, 0.15) is 0 Å². The molecule has 24 heavy (non-hydrogen) atoms. The van der Waals surface area contributed by atoms with E-state index in [2.05, 4.69) is 10.1 Å². The van der Waals surface area contributed by atoms with Gasteiger partial charge in [-0.05, 0) is 30.3 Å². The minimum absolute atomic E-state index is 0.00107.